The highest BCUT2D eigenvalue weighted by molar-refractivity contribution is 6.35. The Hall–Kier alpha value is -2.76. The predicted molar refractivity (Wildman–Crippen MR) is 104 cm³/mol. The molecule has 0 radical (unpaired) electrons. The first-order chi connectivity index (χ1) is 12.5. The maximum atomic E-state index is 12.8. The molecule has 3 aromatic rings. The molecule has 26 heavy (non-hydrogen) atoms. The van der Waals surface area contributed by atoms with E-state index in [1.54, 1.807) is 67.7 Å². The molecule has 3 rings (SSSR count). The topological polar surface area (TPSA) is 67.2 Å². The van der Waals surface area contributed by atoms with Crippen LogP contribution in [0, 0.1) is 6.92 Å². The molecule has 0 aliphatic carbocycles. The van der Waals surface area contributed by atoms with Crippen molar-refractivity contribution < 1.29 is 9.32 Å². The van der Waals surface area contributed by atoms with E-state index in [2.05, 4.69) is 15.8 Å². The van der Waals surface area contributed by atoms with Crippen LogP contribution in [0.25, 0.3) is 5.57 Å². The van der Waals surface area contributed by atoms with Gasteiger partial charge in [-0.05, 0) is 43.3 Å². The van der Waals surface area contributed by atoms with Gasteiger partial charge in [-0.25, -0.2) is 0 Å². The molecule has 0 bridgehead atoms. The van der Waals surface area contributed by atoms with E-state index in [1.165, 1.54) is 0 Å². The molecular formula is C19H15Cl2N3O2. The van der Waals surface area contributed by atoms with Crippen molar-refractivity contribution in [3.63, 3.8) is 0 Å². The maximum absolute atomic E-state index is 12.8. The lowest BCUT2D eigenvalue weighted by Gasteiger charge is -2.09. The zero-order valence-corrected chi connectivity index (χ0v) is 15.3. The number of carbonyl (C=O) groups excluding carboxylic acids is 1. The van der Waals surface area contributed by atoms with Crippen molar-refractivity contribution >= 4 is 46.1 Å². The molecule has 0 spiro atoms. The number of nitrogens with one attached hydrogen (secondary N) is 2. The number of para-hydroxylation sites is 1. The van der Waals surface area contributed by atoms with E-state index in [9.17, 15) is 4.79 Å². The Balaban J connectivity index is 1.87. The first-order valence-electron chi connectivity index (χ1n) is 7.75. The third-order valence-corrected chi connectivity index (χ3v) is 4.07. The van der Waals surface area contributed by atoms with Crippen molar-refractivity contribution in [2.75, 3.05) is 10.6 Å². The molecule has 7 heteroatoms. The van der Waals surface area contributed by atoms with Gasteiger partial charge < -0.3 is 15.2 Å². The number of aryl methyl sites for hydroxylation is 1. The summed E-state index contributed by atoms with van der Waals surface area (Å²) >= 11 is 12.0. The number of hydrogen-bond acceptors (Lipinski definition) is 4. The molecule has 0 unspecified atom stereocenters. The minimum Gasteiger partial charge on any atom is -0.361 e. The van der Waals surface area contributed by atoms with Crippen LogP contribution in [-0.2, 0) is 4.79 Å². The van der Waals surface area contributed by atoms with E-state index in [0.29, 0.717) is 27.2 Å². The Kier molecular flexibility index (Phi) is 5.61. The van der Waals surface area contributed by atoms with E-state index in [1.807, 2.05) is 0 Å². The van der Waals surface area contributed by atoms with Gasteiger partial charge in [-0.1, -0.05) is 40.5 Å². The van der Waals surface area contributed by atoms with Gasteiger partial charge in [0.25, 0.3) is 5.91 Å². The number of benzene rings is 2. The summed E-state index contributed by atoms with van der Waals surface area (Å²) < 4.78 is 5.25. The number of rotatable bonds is 5. The zero-order valence-electron chi connectivity index (χ0n) is 13.8. The Labute approximate surface area is 160 Å². The zero-order chi connectivity index (χ0) is 18.5. The molecule has 132 valence electrons. The summed E-state index contributed by atoms with van der Waals surface area (Å²) in [6.45, 7) is 1.78. The average molecular weight is 388 g/mol. The number of hydrogen-bond donors (Lipinski definition) is 2. The SMILES string of the molecule is Cc1cc(C(=CNc2ccc(Cl)cc2)C(=O)Nc2ccccc2Cl)on1. The minimum atomic E-state index is -0.379. The standard InChI is InChI=1S/C19H15Cl2N3O2/c1-12-10-18(26-24-12)15(11-22-14-8-6-13(20)7-9-14)19(25)23-17-5-3-2-4-16(17)21/h2-11,22H,1H3,(H,23,25). The largest absolute Gasteiger partial charge is 0.361 e. The number of halogens is 2. The molecule has 0 atom stereocenters. The molecule has 0 fully saturated rings. The number of aromatic nitrogens is 1. The fourth-order valence-corrected chi connectivity index (χ4v) is 2.50. The summed E-state index contributed by atoms with van der Waals surface area (Å²) in [5.74, 6) is -0.0377. The average Bonchev–Trinajstić information content (AvgIpc) is 3.05. The molecule has 1 heterocycles. The predicted octanol–water partition coefficient (Wildman–Crippen LogP) is 5.38. The van der Waals surface area contributed by atoms with Crippen LogP contribution in [-0.4, -0.2) is 11.1 Å². The van der Waals surface area contributed by atoms with Crippen LogP contribution in [0.5, 0.6) is 0 Å². The van der Waals surface area contributed by atoms with Gasteiger partial charge in [-0.3, -0.25) is 4.79 Å². The first kappa shape index (κ1) is 18.0. The van der Waals surface area contributed by atoms with Crippen molar-refractivity contribution in [1.29, 1.82) is 0 Å². The van der Waals surface area contributed by atoms with Gasteiger partial charge in [0.1, 0.15) is 5.57 Å². The van der Waals surface area contributed by atoms with E-state index >= 15 is 0 Å². The molecule has 2 aromatic carbocycles. The lowest BCUT2D eigenvalue weighted by Crippen LogP contribution is -2.14. The van der Waals surface area contributed by atoms with Crippen LogP contribution in [0.15, 0.2) is 65.3 Å². The number of anilines is 2. The lowest BCUT2D eigenvalue weighted by molar-refractivity contribution is -0.111. The molecule has 5 nitrogen and oxygen atoms in total. The monoisotopic (exact) mass is 387 g/mol. The summed E-state index contributed by atoms with van der Waals surface area (Å²) in [7, 11) is 0. The van der Waals surface area contributed by atoms with Gasteiger partial charge in [0.15, 0.2) is 5.76 Å². The van der Waals surface area contributed by atoms with Crippen molar-refractivity contribution in [3.8, 4) is 0 Å². The second-order valence-electron chi connectivity index (χ2n) is 5.48. The Morgan fingerprint density at radius 3 is 2.50 bits per heavy atom. The highest BCUT2D eigenvalue weighted by Gasteiger charge is 2.18. The van der Waals surface area contributed by atoms with Crippen LogP contribution >= 0.6 is 23.2 Å². The molecule has 0 saturated carbocycles. The summed E-state index contributed by atoms with van der Waals surface area (Å²) in [4.78, 5) is 12.8. The van der Waals surface area contributed by atoms with E-state index in [0.717, 1.165) is 5.69 Å². The van der Waals surface area contributed by atoms with E-state index in [-0.39, 0.29) is 11.5 Å². The fraction of sp³-hybridized carbons (Fsp3) is 0.0526. The Bertz CT molecular complexity index is 949. The van der Waals surface area contributed by atoms with Crippen LogP contribution in [0.1, 0.15) is 11.5 Å². The summed E-state index contributed by atoms with van der Waals surface area (Å²) in [5.41, 5.74) is 2.23. The highest BCUT2D eigenvalue weighted by Crippen LogP contribution is 2.24. The van der Waals surface area contributed by atoms with Gasteiger partial charge in [0.2, 0.25) is 0 Å². The number of amides is 1. The first-order valence-corrected chi connectivity index (χ1v) is 8.50. The second kappa shape index (κ2) is 8.08. The second-order valence-corrected chi connectivity index (χ2v) is 6.32. The summed E-state index contributed by atoms with van der Waals surface area (Å²) in [6, 6.07) is 15.8. The van der Waals surface area contributed by atoms with Crippen LogP contribution in [0.3, 0.4) is 0 Å². The van der Waals surface area contributed by atoms with Gasteiger partial charge in [0, 0.05) is 23.0 Å². The van der Waals surface area contributed by atoms with Crippen molar-refractivity contribution in [2.45, 2.75) is 6.92 Å². The van der Waals surface area contributed by atoms with Gasteiger partial charge in [-0.15, -0.1) is 0 Å². The van der Waals surface area contributed by atoms with Gasteiger partial charge >= 0.3 is 0 Å². The van der Waals surface area contributed by atoms with E-state index in [4.69, 9.17) is 27.7 Å². The summed E-state index contributed by atoms with van der Waals surface area (Å²) in [6.07, 6.45) is 1.55. The quantitative estimate of drug-likeness (QED) is 0.576. The third kappa shape index (κ3) is 4.45. The third-order valence-electron chi connectivity index (χ3n) is 3.49. The Morgan fingerprint density at radius 1 is 1.12 bits per heavy atom. The van der Waals surface area contributed by atoms with Gasteiger partial charge in [0.05, 0.1) is 16.4 Å². The molecule has 0 aliphatic heterocycles. The summed E-state index contributed by atoms with van der Waals surface area (Å²) in [5, 5.41) is 10.7. The van der Waals surface area contributed by atoms with Crippen molar-refractivity contribution in [3.05, 3.63) is 82.3 Å². The number of nitrogens with zero attached hydrogens (tertiary/aromatic N) is 1. The molecule has 0 aliphatic rings. The molecule has 2 N–H and O–H groups in total. The molecule has 1 amide bonds. The highest BCUT2D eigenvalue weighted by atomic mass is 35.5. The van der Waals surface area contributed by atoms with E-state index < -0.39 is 0 Å². The minimum absolute atomic E-state index is 0.278. The number of carbonyl (C=O) groups is 1. The molecular weight excluding hydrogens is 373 g/mol. The smallest absolute Gasteiger partial charge is 0.261 e. The maximum Gasteiger partial charge on any atom is 0.261 e. The molecule has 1 aromatic heterocycles. The van der Waals surface area contributed by atoms with Crippen molar-refractivity contribution in [1.82, 2.24) is 5.16 Å². The lowest BCUT2D eigenvalue weighted by atomic mass is 10.2. The normalized spacial score (nSPS) is 11.3. The van der Waals surface area contributed by atoms with Crippen LogP contribution in [0.2, 0.25) is 10.0 Å². The van der Waals surface area contributed by atoms with Crippen LogP contribution < -0.4 is 10.6 Å². The van der Waals surface area contributed by atoms with Crippen molar-refractivity contribution in [2.24, 2.45) is 0 Å². The molecule has 0 saturated heterocycles. The van der Waals surface area contributed by atoms with Gasteiger partial charge in [-0.2, -0.15) is 0 Å². The Morgan fingerprint density at radius 2 is 1.85 bits per heavy atom. The fourth-order valence-electron chi connectivity index (χ4n) is 2.19. The van der Waals surface area contributed by atoms with Crippen LogP contribution in [0.4, 0.5) is 11.4 Å².